The number of aromatic hydroxyl groups is 1. The van der Waals surface area contributed by atoms with Crippen molar-refractivity contribution in [3.63, 3.8) is 0 Å². The highest BCUT2D eigenvalue weighted by atomic mass is 32.2. The van der Waals surface area contributed by atoms with Crippen LogP contribution < -0.4 is 16.6 Å². The third-order valence-corrected chi connectivity index (χ3v) is 7.93. The summed E-state index contributed by atoms with van der Waals surface area (Å²) in [5.74, 6) is -0.676. The number of pyridine rings is 1. The van der Waals surface area contributed by atoms with Crippen LogP contribution in [0.15, 0.2) is 74.1 Å². The second-order valence-electron chi connectivity index (χ2n) is 7.68. The van der Waals surface area contributed by atoms with E-state index in [-0.39, 0.29) is 45.8 Å². The molecular formula is C23H18N4O6S2. The van der Waals surface area contributed by atoms with Crippen LogP contribution in [0.2, 0.25) is 0 Å². The molecule has 178 valence electrons. The molecule has 10 nitrogen and oxygen atoms in total. The van der Waals surface area contributed by atoms with Gasteiger partial charge in [0, 0.05) is 16.3 Å². The first kappa shape index (κ1) is 22.6. The number of amidine groups is 1. The molecule has 1 amide bonds. The molecule has 0 bridgehead atoms. The highest BCUT2D eigenvalue weighted by molar-refractivity contribution is 7.90. The van der Waals surface area contributed by atoms with E-state index in [4.69, 9.17) is 10.5 Å². The molecule has 0 unspecified atom stereocenters. The van der Waals surface area contributed by atoms with Crippen molar-refractivity contribution in [2.24, 2.45) is 10.1 Å². The molecular weight excluding hydrogens is 492 g/mol. The van der Waals surface area contributed by atoms with Gasteiger partial charge < -0.3 is 25.5 Å². The highest BCUT2D eigenvalue weighted by Crippen LogP contribution is 2.38. The molecule has 0 aliphatic carbocycles. The van der Waals surface area contributed by atoms with Crippen molar-refractivity contribution in [2.75, 3.05) is 5.32 Å². The molecule has 35 heavy (non-hydrogen) atoms. The van der Waals surface area contributed by atoms with Crippen LogP contribution in [0.25, 0.3) is 10.9 Å². The number of para-hydroxylation sites is 1. The summed E-state index contributed by atoms with van der Waals surface area (Å²) in [7, 11) is -4.29. The summed E-state index contributed by atoms with van der Waals surface area (Å²) >= 11 is 1.03. The maximum Gasteiger partial charge on any atom is 0.404 e. The van der Waals surface area contributed by atoms with Crippen LogP contribution in [0.1, 0.15) is 16.7 Å². The first-order valence-electron chi connectivity index (χ1n) is 10.3. The van der Waals surface area contributed by atoms with E-state index in [0.29, 0.717) is 10.9 Å². The van der Waals surface area contributed by atoms with E-state index in [1.165, 1.54) is 9.95 Å². The van der Waals surface area contributed by atoms with Gasteiger partial charge in [0.05, 0.1) is 12.1 Å². The largest absolute Gasteiger partial charge is 0.506 e. The van der Waals surface area contributed by atoms with Crippen molar-refractivity contribution >= 4 is 49.2 Å². The fraction of sp³-hybridized carbons (Fsp3) is 0.0870. The molecule has 3 heterocycles. The maximum absolute atomic E-state index is 13.6. The van der Waals surface area contributed by atoms with E-state index in [1.807, 2.05) is 30.3 Å². The summed E-state index contributed by atoms with van der Waals surface area (Å²) < 4.78 is 36.1. The summed E-state index contributed by atoms with van der Waals surface area (Å²) in [6.07, 6.45) is -1.05. The number of benzene rings is 2. The fourth-order valence-corrected chi connectivity index (χ4v) is 6.51. The molecule has 0 radical (unpaired) electrons. The number of carbonyl (C=O) groups excluding carboxylic acids is 1. The van der Waals surface area contributed by atoms with Crippen LogP contribution in [0.4, 0.5) is 9.80 Å². The zero-order chi connectivity index (χ0) is 24.7. The van der Waals surface area contributed by atoms with E-state index in [9.17, 15) is 23.1 Å². The van der Waals surface area contributed by atoms with Gasteiger partial charge in [0.15, 0.2) is 5.84 Å². The minimum Gasteiger partial charge on any atom is -0.506 e. The molecule has 0 fully saturated rings. The van der Waals surface area contributed by atoms with Crippen LogP contribution in [-0.4, -0.2) is 30.0 Å². The lowest BCUT2D eigenvalue weighted by atomic mass is 10.1. The molecule has 2 aromatic carbocycles. The van der Waals surface area contributed by atoms with Crippen LogP contribution in [-0.2, 0) is 27.9 Å². The maximum atomic E-state index is 13.6. The quantitative estimate of drug-likeness (QED) is 0.373. The summed E-state index contributed by atoms with van der Waals surface area (Å²) in [4.78, 5) is 24.4. The van der Waals surface area contributed by atoms with Gasteiger partial charge in [0.25, 0.3) is 15.6 Å². The number of carbonyl (C=O) groups is 1. The van der Waals surface area contributed by atoms with Crippen molar-refractivity contribution in [1.82, 2.24) is 4.57 Å². The number of hydrogen-bond acceptors (Lipinski definition) is 8. The van der Waals surface area contributed by atoms with Crippen molar-refractivity contribution < 1.29 is 23.1 Å². The van der Waals surface area contributed by atoms with Crippen molar-refractivity contribution in [1.29, 1.82) is 0 Å². The number of thiophene rings is 1. The molecule has 12 heteroatoms. The third-order valence-electron chi connectivity index (χ3n) is 5.45. The van der Waals surface area contributed by atoms with Gasteiger partial charge in [-0.2, -0.15) is 8.42 Å². The predicted octanol–water partition coefficient (Wildman–Crippen LogP) is 2.97. The van der Waals surface area contributed by atoms with Crippen LogP contribution in [0.3, 0.4) is 0 Å². The Labute approximate surface area is 203 Å². The number of nitrogens with two attached hydrogens (primary N) is 1. The lowest BCUT2D eigenvalue weighted by Crippen LogP contribution is -2.32. The van der Waals surface area contributed by atoms with E-state index in [0.717, 1.165) is 16.9 Å². The average Bonchev–Trinajstić information content (AvgIpc) is 3.25. The van der Waals surface area contributed by atoms with Gasteiger partial charge in [-0.25, -0.2) is 4.79 Å². The Morgan fingerprint density at radius 3 is 2.60 bits per heavy atom. The SMILES string of the molecule is NC(=O)OCc1csc2c1S(=O)(=O)N=C(c1c(O)c3ccccc3n(Cc3ccccc3)c1=O)N2. The second-order valence-corrected chi connectivity index (χ2v) is 10.1. The average molecular weight is 511 g/mol. The Morgan fingerprint density at radius 1 is 1.14 bits per heavy atom. The zero-order valence-corrected chi connectivity index (χ0v) is 19.6. The van der Waals surface area contributed by atoms with E-state index in [2.05, 4.69) is 9.71 Å². The number of hydrogen-bond donors (Lipinski definition) is 3. The number of sulfonamides is 1. The molecule has 4 N–H and O–H groups in total. The molecule has 0 spiro atoms. The number of nitrogens with one attached hydrogen (secondary N) is 1. The normalized spacial score (nSPS) is 14.1. The minimum absolute atomic E-state index is 0.169. The van der Waals surface area contributed by atoms with Gasteiger partial charge >= 0.3 is 6.09 Å². The van der Waals surface area contributed by atoms with Crippen molar-refractivity contribution in [2.45, 2.75) is 18.0 Å². The Bertz CT molecular complexity index is 1670. The lowest BCUT2D eigenvalue weighted by molar-refractivity contribution is 0.149. The van der Waals surface area contributed by atoms with Gasteiger partial charge in [-0.3, -0.25) is 4.79 Å². The van der Waals surface area contributed by atoms with Crippen molar-refractivity contribution in [3.8, 4) is 5.75 Å². The Kier molecular flexibility index (Phi) is 5.53. The van der Waals surface area contributed by atoms with Gasteiger partial charge in [-0.05, 0) is 17.7 Å². The zero-order valence-electron chi connectivity index (χ0n) is 18.0. The molecule has 5 rings (SSSR count). The molecule has 0 saturated heterocycles. The molecule has 0 atom stereocenters. The summed E-state index contributed by atoms with van der Waals surface area (Å²) in [6, 6.07) is 16.1. The number of primary amides is 1. The van der Waals surface area contributed by atoms with Crippen molar-refractivity contribution in [3.05, 3.63) is 87.0 Å². The first-order valence-corrected chi connectivity index (χ1v) is 12.6. The highest BCUT2D eigenvalue weighted by Gasteiger charge is 2.33. The van der Waals surface area contributed by atoms with E-state index >= 15 is 0 Å². The lowest BCUT2D eigenvalue weighted by Gasteiger charge is -2.19. The molecule has 1 aliphatic rings. The Morgan fingerprint density at radius 2 is 1.86 bits per heavy atom. The number of nitrogens with zero attached hydrogens (tertiary/aromatic N) is 2. The molecule has 0 saturated carbocycles. The summed E-state index contributed by atoms with van der Waals surface area (Å²) in [5.41, 5.74) is 5.65. The van der Waals surface area contributed by atoms with Gasteiger partial charge in [0.1, 0.15) is 27.8 Å². The monoisotopic (exact) mass is 510 g/mol. The van der Waals surface area contributed by atoms with E-state index in [1.54, 1.807) is 24.3 Å². The van der Waals surface area contributed by atoms with Crippen LogP contribution in [0.5, 0.6) is 5.75 Å². The number of ether oxygens (including phenoxy) is 1. The number of rotatable bonds is 5. The predicted molar refractivity (Wildman–Crippen MR) is 131 cm³/mol. The van der Waals surface area contributed by atoms with Crippen LogP contribution in [0, 0.1) is 0 Å². The minimum atomic E-state index is -4.29. The number of amides is 1. The molecule has 2 aromatic heterocycles. The van der Waals surface area contributed by atoms with Gasteiger partial charge in [-0.15, -0.1) is 15.7 Å². The van der Waals surface area contributed by atoms with Gasteiger partial charge in [0.2, 0.25) is 0 Å². The first-order chi connectivity index (χ1) is 16.8. The third kappa shape index (κ3) is 4.02. The standard InChI is InChI=1S/C23H18N4O6S2/c24-23(30)33-11-14-12-34-21-19(14)35(31,32)26-20(25-21)17-18(28)15-8-4-5-9-16(15)27(22(17)29)10-13-6-2-1-3-7-13/h1-9,12,28H,10-11H2,(H2,24,30)(H,25,26). The summed E-state index contributed by atoms with van der Waals surface area (Å²) in [5, 5.41) is 15.9. The number of fused-ring (bicyclic) bond motifs is 2. The number of aromatic nitrogens is 1. The van der Waals surface area contributed by atoms with Crippen LogP contribution >= 0.6 is 11.3 Å². The van der Waals surface area contributed by atoms with Gasteiger partial charge in [-0.1, -0.05) is 42.5 Å². The Hall–Kier alpha value is -4.16. The topological polar surface area (TPSA) is 153 Å². The number of anilines is 1. The second kappa shape index (κ2) is 8.56. The smallest absolute Gasteiger partial charge is 0.404 e. The molecule has 1 aliphatic heterocycles. The summed E-state index contributed by atoms with van der Waals surface area (Å²) in [6.45, 7) is -0.148. The fourth-order valence-electron chi connectivity index (χ4n) is 3.93. The van der Waals surface area contributed by atoms with E-state index < -0.39 is 21.7 Å². The molecule has 4 aromatic rings. The Balaban J connectivity index is 1.67.